The number of hydrogen-bond donors (Lipinski definition) is 1. The van der Waals surface area contributed by atoms with E-state index in [1.807, 2.05) is 0 Å². The summed E-state index contributed by atoms with van der Waals surface area (Å²) in [6.07, 6.45) is 2.99. The molecule has 114 valence electrons. The quantitative estimate of drug-likeness (QED) is 0.908. The van der Waals surface area contributed by atoms with E-state index >= 15 is 0 Å². The van der Waals surface area contributed by atoms with Crippen molar-refractivity contribution < 1.29 is 13.6 Å². The molecule has 0 spiro atoms. The molecule has 3 atom stereocenters. The van der Waals surface area contributed by atoms with Crippen molar-refractivity contribution in [2.45, 2.75) is 31.7 Å². The molecule has 1 aromatic carbocycles. The lowest BCUT2D eigenvalue weighted by Crippen LogP contribution is -2.38. The van der Waals surface area contributed by atoms with Gasteiger partial charge in [0.25, 0.3) is 0 Å². The van der Waals surface area contributed by atoms with E-state index in [0.29, 0.717) is 24.9 Å². The van der Waals surface area contributed by atoms with E-state index in [2.05, 4.69) is 0 Å². The molecule has 1 aliphatic carbocycles. The van der Waals surface area contributed by atoms with E-state index in [1.165, 1.54) is 18.2 Å². The molecule has 0 aromatic heterocycles. The number of rotatable bonds is 2. The van der Waals surface area contributed by atoms with Gasteiger partial charge in [0, 0.05) is 24.7 Å². The molecule has 3 rings (SSSR count). The van der Waals surface area contributed by atoms with Gasteiger partial charge < -0.3 is 10.6 Å². The van der Waals surface area contributed by atoms with Gasteiger partial charge in [-0.3, -0.25) is 4.79 Å². The van der Waals surface area contributed by atoms with Crippen LogP contribution in [0.5, 0.6) is 0 Å². The second kappa shape index (κ2) is 5.72. The summed E-state index contributed by atoms with van der Waals surface area (Å²) < 4.78 is 27.2. The van der Waals surface area contributed by atoms with Crippen LogP contribution < -0.4 is 5.73 Å². The molecule has 1 aromatic rings. The van der Waals surface area contributed by atoms with Crippen LogP contribution in [0.2, 0.25) is 0 Å². The molecular weight excluding hydrogens is 274 g/mol. The Bertz CT molecular complexity index is 529. The predicted octanol–water partition coefficient (Wildman–Crippen LogP) is 2.09. The van der Waals surface area contributed by atoms with Crippen LogP contribution in [0.1, 0.15) is 24.8 Å². The monoisotopic (exact) mass is 294 g/mol. The molecule has 0 radical (unpaired) electrons. The molecule has 21 heavy (non-hydrogen) atoms. The summed E-state index contributed by atoms with van der Waals surface area (Å²) in [7, 11) is 0. The average molecular weight is 294 g/mol. The smallest absolute Gasteiger partial charge is 0.227 e. The second-order valence-electron chi connectivity index (χ2n) is 6.19. The standard InChI is InChI=1S/C16H20F2N2O/c17-13-4-2-5-14(18)11(13)7-16(21)20-8-10-3-1-6-15(19)12(10)9-20/h2,4-5,10,12,15H,1,3,6-9,19H2. The number of nitrogens with two attached hydrogens (primary N) is 1. The van der Waals surface area contributed by atoms with Crippen LogP contribution >= 0.6 is 0 Å². The lowest BCUT2D eigenvalue weighted by atomic mass is 9.78. The third-order valence-electron chi connectivity index (χ3n) is 4.90. The fourth-order valence-corrected chi connectivity index (χ4v) is 3.68. The van der Waals surface area contributed by atoms with Gasteiger partial charge in [0.15, 0.2) is 0 Å². The fraction of sp³-hybridized carbons (Fsp3) is 0.562. The van der Waals surface area contributed by atoms with E-state index in [-0.39, 0.29) is 23.9 Å². The first kappa shape index (κ1) is 14.4. The zero-order valence-electron chi connectivity index (χ0n) is 11.9. The van der Waals surface area contributed by atoms with Crippen molar-refractivity contribution in [3.63, 3.8) is 0 Å². The number of benzene rings is 1. The Morgan fingerprint density at radius 1 is 1.24 bits per heavy atom. The van der Waals surface area contributed by atoms with Gasteiger partial charge in [-0.2, -0.15) is 0 Å². The Morgan fingerprint density at radius 2 is 1.95 bits per heavy atom. The maximum atomic E-state index is 13.6. The Balaban J connectivity index is 1.69. The van der Waals surface area contributed by atoms with Crippen molar-refractivity contribution in [2.75, 3.05) is 13.1 Å². The highest BCUT2D eigenvalue weighted by Gasteiger charge is 2.40. The van der Waals surface area contributed by atoms with Crippen LogP contribution in [0.3, 0.4) is 0 Å². The number of halogens is 2. The Kier molecular flexibility index (Phi) is 3.93. The Labute approximate surface area is 123 Å². The van der Waals surface area contributed by atoms with Crippen LogP contribution in [-0.4, -0.2) is 29.9 Å². The number of fused-ring (bicyclic) bond motifs is 1. The van der Waals surface area contributed by atoms with E-state index in [4.69, 9.17) is 5.73 Å². The molecular formula is C16H20F2N2O. The lowest BCUT2D eigenvalue weighted by molar-refractivity contribution is -0.129. The van der Waals surface area contributed by atoms with Gasteiger partial charge in [-0.15, -0.1) is 0 Å². The maximum absolute atomic E-state index is 13.6. The summed E-state index contributed by atoms with van der Waals surface area (Å²) in [5, 5.41) is 0. The van der Waals surface area contributed by atoms with Crippen molar-refractivity contribution in [3.8, 4) is 0 Å². The average Bonchev–Trinajstić information content (AvgIpc) is 2.88. The van der Waals surface area contributed by atoms with Crippen LogP contribution in [0.25, 0.3) is 0 Å². The molecule has 2 N–H and O–H groups in total. The van der Waals surface area contributed by atoms with Gasteiger partial charge in [0.2, 0.25) is 5.91 Å². The minimum atomic E-state index is -0.656. The number of carbonyl (C=O) groups excluding carboxylic acids is 1. The van der Waals surface area contributed by atoms with Crippen molar-refractivity contribution in [1.29, 1.82) is 0 Å². The van der Waals surface area contributed by atoms with Crippen molar-refractivity contribution in [3.05, 3.63) is 35.4 Å². The van der Waals surface area contributed by atoms with Crippen LogP contribution in [0, 0.1) is 23.5 Å². The molecule has 1 saturated heterocycles. The first-order chi connectivity index (χ1) is 10.1. The zero-order valence-corrected chi connectivity index (χ0v) is 11.9. The highest BCUT2D eigenvalue weighted by atomic mass is 19.1. The van der Waals surface area contributed by atoms with E-state index in [1.54, 1.807) is 4.90 Å². The van der Waals surface area contributed by atoms with Gasteiger partial charge >= 0.3 is 0 Å². The molecule has 0 bridgehead atoms. The topological polar surface area (TPSA) is 46.3 Å². The summed E-state index contributed by atoms with van der Waals surface area (Å²) in [6, 6.07) is 3.82. The van der Waals surface area contributed by atoms with Crippen molar-refractivity contribution in [2.24, 2.45) is 17.6 Å². The Morgan fingerprint density at radius 3 is 2.62 bits per heavy atom. The molecule has 3 unspecified atom stereocenters. The molecule has 2 fully saturated rings. The minimum absolute atomic E-state index is 0.137. The third kappa shape index (κ3) is 2.79. The number of nitrogens with zero attached hydrogens (tertiary/aromatic N) is 1. The van der Waals surface area contributed by atoms with Gasteiger partial charge in [-0.25, -0.2) is 8.78 Å². The third-order valence-corrected chi connectivity index (χ3v) is 4.90. The summed E-state index contributed by atoms with van der Waals surface area (Å²) in [5.41, 5.74) is 5.99. The molecule has 1 aliphatic heterocycles. The van der Waals surface area contributed by atoms with E-state index in [9.17, 15) is 13.6 Å². The molecule has 5 heteroatoms. The largest absolute Gasteiger partial charge is 0.342 e. The first-order valence-electron chi connectivity index (χ1n) is 7.52. The zero-order chi connectivity index (χ0) is 15.0. The van der Waals surface area contributed by atoms with Crippen molar-refractivity contribution in [1.82, 2.24) is 4.90 Å². The van der Waals surface area contributed by atoms with Crippen molar-refractivity contribution >= 4 is 5.91 Å². The molecule has 1 amide bonds. The summed E-state index contributed by atoms with van der Waals surface area (Å²) in [6.45, 7) is 1.30. The molecule has 3 nitrogen and oxygen atoms in total. The normalized spacial score (nSPS) is 28.5. The summed E-state index contributed by atoms with van der Waals surface area (Å²) in [5.74, 6) is -0.731. The number of likely N-dealkylation sites (tertiary alicyclic amines) is 1. The highest BCUT2D eigenvalue weighted by Crippen LogP contribution is 2.35. The van der Waals surface area contributed by atoms with Gasteiger partial charge in [-0.05, 0) is 36.8 Å². The minimum Gasteiger partial charge on any atom is -0.342 e. The van der Waals surface area contributed by atoms with Crippen LogP contribution in [0.4, 0.5) is 8.78 Å². The summed E-state index contributed by atoms with van der Waals surface area (Å²) >= 11 is 0. The first-order valence-corrected chi connectivity index (χ1v) is 7.52. The maximum Gasteiger partial charge on any atom is 0.227 e. The predicted molar refractivity (Wildman–Crippen MR) is 75.4 cm³/mol. The summed E-state index contributed by atoms with van der Waals surface area (Å²) in [4.78, 5) is 14.0. The fourth-order valence-electron chi connectivity index (χ4n) is 3.68. The Hall–Kier alpha value is -1.49. The number of carbonyl (C=O) groups is 1. The SMILES string of the molecule is NC1CCCC2CN(C(=O)Cc3c(F)cccc3F)CC12. The van der Waals surface area contributed by atoms with Crippen LogP contribution in [0.15, 0.2) is 18.2 Å². The van der Waals surface area contributed by atoms with Gasteiger partial charge in [-0.1, -0.05) is 12.5 Å². The molecule has 1 saturated carbocycles. The number of hydrogen-bond acceptors (Lipinski definition) is 2. The van der Waals surface area contributed by atoms with Crippen LogP contribution in [-0.2, 0) is 11.2 Å². The second-order valence-corrected chi connectivity index (χ2v) is 6.19. The van der Waals surface area contributed by atoms with Gasteiger partial charge in [0.05, 0.1) is 6.42 Å². The molecule has 1 heterocycles. The number of amides is 1. The van der Waals surface area contributed by atoms with Gasteiger partial charge in [0.1, 0.15) is 11.6 Å². The highest BCUT2D eigenvalue weighted by molar-refractivity contribution is 5.79. The molecule has 2 aliphatic rings. The van der Waals surface area contributed by atoms with E-state index < -0.39 is 11.6 Å². The van der Waals surface area contributed by atoms with E-state index in [0.717, 1.165) is 19.3 Å². The lowest BCUT2D eigenvalue weighted by Gasteiger charge is -2.29.